The van der Waals surface area contributed by atoms with E-state index < -0.39 is 5.60 Å². The molecule has 0 aliphatic carbocycles. The van der Waals surface area contributed by atoms with E-state index in [9.17, 15) is 5.11 Å². The van der Waals surface area contributed by atoms with Crippen molar-refractivity contribution in [2.45, 2.75) is 51.7 Å². The van der Waals surface area contributed by atoms with Crippen LogP contribution >= 0.6 is 0 Å². The van der Waals surface area contributed by atoms with Crippen LogP contribution in [0.25, 0.3) is 0 Å². The molecule has 0 saturated carbocycles. The van der Waals surface area contributed by atoms with Crippen molar-refractivity contribution in [1.82, 2.24) is 4.90 Å². The van der Waals surface area contributed by atoms with E-state index in [2.05, 4.69) is 11.8 Å². The van der Waals surface area contributed by atoms with Gasteiger partial charge >= 0.3 is 0 Å². The van der Waals surface area contributed by atoms with E-state index in [0.717, 1.165) is 50.2 Å². The molecule has 0 bridgehead atoms. The van der Waals surface area contributed by atoms with Crippen LogP contribution in [0.3, 0.4) is 0 Å². The second kappa shape index (κ2) is 6.59. The number of benzene rings is 1. The predicted octanol–water partition coefficient (Wildman–Crippen LogP) is 3.17. The van der Waals surface area contributed by atoms with Crippen molar-refractivity contribution in [3.8, 4) is 5.75 Å². The Morgan fingerprint density at radius 3 is 2.80 bits per heavy atom. The van der Waals surface area contributed by atoms with Gasteiger partial charge in [0.1, 0.15) is 5.75 Å². The molecule has 3 heteroatoms. The van der Waals surface area contributed by atoms with Gasteiger partial charge in [-0.15, -0.1) is 0 Å². The molecule has 1 unspecified atom stereocenters. The van der Waals surface area contributed by atoms with Gasteiger partial charge < -0.3 is 14.7 Å². The lowest BCUT2D eigenvalue weighted by Gasteiger charge is -2.28. The number of aliphatic hydroxyl groups is 1. The van der Waals surface area contributed by atoms with Gasteiger partial charge in [-0.1, -0.05) is 19.1 Å². The molecule has 112 valence electrons. The van der Waals surface area contributed by atoms with Crippen molar-refractivity contribution in [2.75, 3.05) is 19.6 Å². The molecule has 1 saturated heterocycles. The van der Waals surface area contributed by atoms with Crippen LogP contribution in [0.1, 0.15) is 45.6 Å². The molecule has 1 aliphatic heterocycles. The van der Waals surface area contributed by atoms with Gasteiger partial charge in [-0.3, -0.25) is 0 Å². The zero-order chi connectivity index (χ0) is 14.6. The Labute approximate surface area is 122 Å². The molecule has 0 aromatic heterocycles. The lowest BCUT2D eigenvalue weighted by atomic mass is 9.87. The van der Waals surface area contributed by atoms with Crippen molar-refractivity contribution < 1.29 is 9.84 Å². The first-order valence-corrected chi connectivity index (χ1v) is 7.75. The number of hydrogen-bond acceptors (Lipinski definition) is 3. The SMILES string of the molecule is CCN1CCCC(O)(c2cccc(OC(C)C)c2)CC1. The minimum absolute atomic E-state index is 0.157. The zero-order valence-electron chi connectivity index (χ0n) is 12.9. The number of nitrogens with zero attached hydrogens (tertiary/aromatic N) is 1. The molecule has 0 amide bonds. The van der Waals surface area contributed by atoms with Gasteiger partial charge in [-0.2, -0.15) is 0 Å². The third-order valence-corrected chi connectivity index (χ3v) is 4.10. The maximum absolute atomic E-state index is 11.0. The Bertz CT molecular complexity index is 433. The summed E-state index contributed by atoms with van der Waals surface area (Å²) >= 11 is 0. The second-order valence-electron chi connectivity index (χ2n) is 6.01. The van der Waals surface area contributed by atoms with Crippen LogP contribution < -0.4 is 4.74 Å². The Morgan fingerprint density at radius 1 is 1.30 bits per heavy atom. The maximum atomic E-state index is 11.0. The summed E-state index contributed by atoms with van der Waals surface area (Å²) < 4.78 is 5.74. The fourth-order valence-corrected chi connectivity index (χ4v) is 2.91. The molecule has 1 atom stereocenters. The van der Waals surface area contributed by atoms with E-state index in [1.54, 1.807) is 0 Å². The molecule has 1 aromatic rings. The topological polar surface area (TPSA) is 32.7 Å². The van der Waals surface area contributed by atoms with Gasteiger partial charge in [0.2, 0.25) is 0 Å². The van der Waals surface area contributed by atoms with Crippen LogP contribution in [-0.4, -0.2) is 35.7 Å². The molecule has 1 fully saturated rings. The Kier molecular flexibility index (Phi) is 5.06. The van der Waals surface area contributed by atoms with E-state index in [1.807, 2.05) is 38.1 Å². The summed E-state index contributed by atoms with van der Waals surface area (Å²) in [7, 11) is 0. The Balaban J connectivity index is 2.16. The highest BCUT2D eigenvalue weighted by Gasteiger charge is 2.31. The summed E-state index contributed by atoms with van der Waals surface area (Å²) in [5.41, 5.74) is 0.286. The van der Waals surface area contributed by atoms with Crippen molar-refractivity contribution in [1.29, 1.82) is 0 Å². The minimum atomic E-state index is -0.708. The lowest BCUT2D eigenvalue weighted by Crippen LogP contribution is -2.29. The number of ether oxygens (including phenoxy) is 1. The number of hydrogen-bond donors (Lipinski definition) is 1. The molecule has 1 aromatic carbocycles. The highest BCUT2D eigenvalue weighted by Crippen LogP contribution is 2.34. The molecule has 1 N–H and O–H groups in total. The predicted molar refractivity (Wildman–Crippen MR) is 82.1 cm³/mol. The third kappa shape index (κ3) is 3.74. The van der Waals surface area contributed by atoms with E-state index in [-0.39, 0.29) is 6.10 Å². The van der Waals surface area contributed by atoms with E-state index >= 15 is 0 Å². The van der Waals surface area contributed by atoms with E-state index in [0.29, 0.717) is 0 Å². The maximum Gasteiger partial charge on any atom is 0.120 e. The van der Waals surface area contributed by atoms with Crippen molar-refractivity contribution in [3.63, 3.8) is 0 Å². The van der Waals surface area contributed by atoms with Crippen LogP contribution in [0.15, 0.2) is 24.3 Å². The van der Waals surface area contributed by atoms with Crippen molar-refractivity contribution in [3.05, 3.63) is 29.8 Å². The summed E-state index contributed by atoms with van der Waals surface area (Å²) in [5, 5.41) is 11.0. The quantitative estimate of drug-likeness (QED) is 0.917. The average molecular weight is 277 g/mol. The number of likely N-dealkylation sites (tertiary alicyclic amines) is 1. The number of rotatable bonds is 4. The van der Waals surface area contributed by atoms with Gasteiger partial charge in [0.25, 0.3) is 0 Å². The molecule has 1 aliphatic rings. The first-order chi connectivity index (χ1) is 9.53. The summed E-state index contributed by atoms with van der Waals surface area (Å²) in [5.74, 6) is 0.850. The minimum Gasteiger partial charge on any atom is -0.491 e. The monoisotopic (exact) mass is 277 g/mol. The van der Waals surface area contributed by atoms with Gasteiger partial charge in [-0.05, 0) is 63.9 Å². The smallest absolute Gasteiger partial charge is 0.120 e. The standard InChI is InChI=1S/C17H27NO2/c1-4-18-11-6-9-17(19,10-12-18)15-7-5-8-16(13-15)20-14(2)3/h5,7-8,13-14,19H,4,6,9-12H2,1-3H3. The van der Waals surface area contributed by atoms with Crippen LogP contribution in [0.5, 0.6) is 5.75 Å². The summed E-state index contributed by atoms with van der Waals surface area (Å²) in [6.07, 6.45) is 2.82. The molecule has 20 heavy (non-hydrogen) atoms. The molecule has 3 nitrogen and oxygen atoms in total. The summed E-state index contributed by atoms with van der Waals surface area (Å²) in [4.78, 5) is 2.41. The van der Waals surface area contributed by atoms with Crippen LogP contribution in [0.4, 0.5) is 0 Å². The molecule has 2 rings (SSSR count). The fourth-order valence-electron chi connectivity index (χ4n) is 2.91. The lowest BCUT2D eigenvalue weighted by molar-refractivity contribution is 0.0210. The highest BCUT2D eigenvalue weighted by molar-refractivity contribution is 5.32. The van der Waals surface area contributed by atoms with Gasteiger partial charge in [0.05, 0.1) is 11.7 Å². The van der Waals surface area contributed by atoms with Gasteiger partial charge in [-0.25, -0.2) is 0 Å². The van der Waals surface area contributed by atoms with E-state index in [4.69, 9.17) is 4.74 Å². The third-order valence-electron chi connectivity index (χ3n) is 4.10. The largest absolute Gasteiger partial charge is 0.491 e. The van der Waals surface area contributed by atoms with E-state index in [1.165, 1.54) is 0 Å². The normalized spacial score (nSPS) is 24.6. The molecule has 1 heterocycles. The average Bonchev–Trinajstić information content (AvgIpc) is 2.61. The fraction of sp³-hybridized carbons (Fsp3) is 0.647. The van der Waals surface area contributed by atoms with Crippen molar-refractivity contribution >= 4 is 0 Å². The zero-order valence-corrected chi connectivity index (χ0v) is 12.9. The Hall–Kier alpha value is -1.06. The summed E-state index contributed by atoms with van der Waals surface area (Å²) in [6.45, 7) is 9.33. The molecule has 0 radical (unpaired) electrons. The molecular weight excluding hydrogens is 250 g/mol. The Morgan fingerprint density at radius 2 is 2.10 bits per heavy atom. The first kappa shape index (κ1) is 15.3. The van der Waals surface area contributed by atoms with Crippen LogP contribution in [0, 0.1) is 0 Å². The summed E-state index contributed by atoms with van der Waals surface area (Å²) in [6, 6.07) is 7.96. The molecular formula is C17H27NO2. The van der Waals surface area contributed by atoms with Crippen LogP contribution in [-0.2, 0) is 5.60 Å². The van der Waals surface area contributed by atoms with Gasteiger partial charge in [0.15, 0.2) is 0 Å². The molecule has 0 spiro atoms. The second-order valence-corrected chi connectivity index (χ2v) is 6.01. The van der Waals surface area contributed by atoms with Crippen molar-refractivity contribution in [2.24, 2.45) is 0 Å². The van der Waals surface area contributed by atoms with Crippen LogP contribution in [0.2, 0.25) is 0 Å². The first-order valence-electron chi connectivity index (χ1n) is 7.75. The highest BCUT2D eigenvalue weighted by atomic mass is 16.5. The van der Waals surface area contributed by atoms with Gasteiger partial charge in [0, 0.05) is 6.54 Å².